The van der Waals surface area contributed by atoms with Crippen LogP contribution < -0.4 is 9.47 Å². The second-order valence-corrected chi connectivity index (χ2v) is 7.41. The number of carbonyl (C=O) groups is 1. The molecule has 0 fully saturated rings. The zero-order valence-corrected chi connectivity index (χ0v) is 17.5. The lowest BCUT2D eigenvalue weighted by molar-refractivity contribution is 0.0684. The molecule has 2 heterocycles. The Balaban J connectivity index is 1.65. The standard InChI is InChI=1S/C23H23FN2O5/c1-13(27)20-21(14-4-6-17(24)7-5-14)25-31-22(20)23(28)26-9-8-15-10-18(29-2)19(30-3)11-16(15)12-26/h4-7,10-11,13,27H,8-9,12H2,1-3H3/t13-/m0/s1. The molecule has 0 spiro atoms. The number of benzene rings is 2. The summed E-state index contributed by atoms with van der Waals surface area (Å²) >= 11 is 0. The van der Waals surface area contributed by atoms with Gasteiger partial charge in [0.05, 0.1) is 25.9 Å². The quantitative estimate of drug-likeness (QED) is 0.669. The van der Waals surface area contributed by atoms with Crippen molar-refractivity contribution in [3.05, 3.63) is 64.7 Å². The van der Waals surface area contributed by atoms with Gasteiger partial charge in [-0.05, 0) is 60.9 Å². The Morgan fingerprint density at radius 1 is 1.16 bits per heavy atom. The van der Waals surface area contributed by atoms with Gasteiger partial charge < -0.3 is 24.0 Å². The smallest absolute Gasteiger partial charge is 0.293 e. The Morgan fingerprint density at radius 3 is 2.42 bits per heavy atom. The van der Waals surface area contributed by atoms with E-state index < -0.39 is 6.10 Å². The molecule has 0 saturated carbocycles. The normalized spacial score (nSPS) is 14.2. The number of rotatable bonds is 5. The van der Waals surface area contributed by atoms with Crippen molar-refractivity contribution in [3.8, 4) is 22.8 Å². The molecule has 0 saturated heterocycles. The zero-order valence-electron chi connectivity index (χ0n) is 17.5. The van der Waals surface area contributed by atoms with E-state index in [9.17, 15) is 14.3 Å². The Hall–Kier alpha value is -3.39. The molecule has 1 aromatic heterocycles. The van der Waals surface area contributed by atoms with Crippen LogP contribution in [-0.4, -0.2) is 41.8 Å². The summed E-state index contributed by atoms with van der Waals surface area (Å²) in [5.74, 6) is 0.478. The van der Waals surface area contributed by atoms with Gasteiger partial charge in [0.15, 0.2) is 11.5 Å². The molecule has 0 unspecified atom stereocenters. The van der Waals surface area contributed by atoms with Gasteiger partial charge in [-0.25, -0.2) is 4.39 Å². The topological polar surface area (TPSA) is 85.0 Å². The lowest BCUT2D eigenvalue weighted by Gasteiger charge is -2.29. The van der Waals surface area contributed by atoms with Crippen LogP contribution in [0.4, 0.5) is 4.39 Å². The monoisotopic (exact) mass is 426 g/mol. The molecule has 1 amide bonds. The highest BCUT2D eigenvalue weighted by atomic mass is 19.1. The third-order valence-corrected chi connectivity index (χ3v) is 5.46. The minimum Gasteiger partial charge on any atom is -0.493 e. The molecule has 0 bridgehead atoms. The number of carbonyl (C=O) groups excluding carboxylic acids is 1. The Bertz CT molecular complexity index is 1110. The lowest BCUT2D eigenvalue weighted by Crippen LogP contribution is -2.36. The molecule has 7 nitrogen and oxygen atoms in total. The first-order chi connectivity index (χ1) is 14.9. The van der Waals surface area contributed by atoms with Crippen molar-refractivity contribution in [1.82, 2.24) is 10.1 Å². The molecular weight excluding hydrogens is 403 g/mol. The number of aliphatic hydroxyl groups is 1. The van der Waals surface area contributed by atoms with Gasteiger partial charge >= 0.3 is 0 Å². The molecule has 1 atom stereocenters. The molecular formula is C23H23FN2O5. The Kier molecular flexibility index (Phi) is 5.65. The van der Waals surface area contributed by atoms with Gasteiger partial charge in [-0.2, -0.15) is 0 Å². The minimum atomic E-state index is -0.994. The maximum atomic E-state index is 13.3. The molecule has 0 radical (unpaired) electrons. The number of fused-ring (bicyclic) bond motifs is 1. The molecule has 4 rings (SSSR count). The third-order valence-electron chi connectivity index (χ3n) is 5.46. The van der Waals surface area contributed by atoms with E-state index in [1.54, 1.807) is 26.0 Å². The van der Waals surface area contributed by atoms with Crippen LogP contribution in [-0.2, 0) is 13.0 Å². The van der Waals surface area contributed by atoms with E-state index in [1.165, 1.54) is 24.3 Å². The van der Waals surface area contributed by atoms with E-state index in [-0.39, 0.29) is 23.0 Å². The number of aliphatic hydroxyl groups excluding tert-OH is 1. The maximum absolute atomic E-state index is 13.3. The number of hydrogen-bond donors (Lipinski definition) is 1. The molecule has 2 aromatic carbocycles. The fourth-order valence-corrected chi connectivity index (χ4v) is 3.86. The summed E-state index contributed by atoms with van der Waals surface area (Å²) in [6.45, 7) is 2.38. The van der Waals surface area contributed by atoms with Crippen LogP contribution in [0.3, 0.4) is 0 Å². The number of nitrogens with zero attached hydrogens (tertiary/aromatic N) is 2. The fraction of sp³-hybridized carbons (Fsp3) is 0.304. The Labute approximate surface area is 179 Å². The van der Waals surface area contributed by atoms with Gasteiger partial charge in [0.25, 0.3) is 5.91 Å². The molecule has 8 heteroatoms. The number of methoxy groups -OCH3 is 2. The third kappa shape index (κ3) is 3.86. The summed E-state index contributed by atoms with van der Waals surface area (Å²) in [6.07, 6.45) is -0.351. The summed E-state index contributed by atoms with van der Waals surface area (Å²) in [5.41, 5.74) is 3.20. The van der Waals surface area contributed by atoms with Gasteiger partial charge in [-0.3, -0.25) is 4.79 Å². The predicted molar refractivity (Wildman–Crippen MR) is 111 cm³/mol. The SMILES string of the molecule is COc1cc2c(cc1OC)CN(C(=O)c1onc(-c3ccc(F)cc3)c1[C@H](C)O)CC2. The molecule has 1 aliphatic rings. The van der Waals surface area contributed by atoms with Crippen LogP contribution in [0.1, 0.15) is 40.3 Å². The van der Waals surface area contributed by atoms with Crippen molar-refractivity contribution in [1.29, 1.82) is 0 Å². The summed E-state index contributed by atoms with van der Waals surface area (Å²) in [6, 6.07) is 9.45. The van der Waals surface area contributed by atoms with E-state index in [0.717, 1.165) is 11.1 Å². The van der Waals surface area contributed by atoms with E-state index in [1.807, 2.05) is 12.1 Å². The highest BCUT2D eigenvalue weighted by Gasteiger charge is 2.31. The maximum Gasteiger partial charge on any atom is 0.293 e. The number of halogens is 1. The van der Waals surface area contributed by atoms with Crippen LogP contribution in [0.25, 0.3) is 11.3 Å². The highest BCUT2D eigenvalue weighted by Crippen LogP contribution is 2.35. The first-order valence-electron chi connectivity index (χ1n) is 9.89. The van der Waals surface area contributed by atoms with Gasteiger partial charge in [0.2, 0.25) is 5.76 Å². The second-order valence-electron chi connectivity index (χ2n) is 7.41. The van der Waals surface area contributed by atoms with Crippen LogP contribution in [0.5, 0.6) is 11.5 Å². The largest absolute Gasteiger partial charge is 0.493 e. The number of amides is 1. The average molecular weight is 426 g/mol. The molecule has 1 aliphatic heterocycles. The second kappa shape index (κ2) is 8.39. The van der Waals surface area contributed by atoms with Crippen LogP contribution in [0.2, 0.25) is 0 Å². The molecule has 162 valence electrons. The highest BCUT2D eigenvalue weighted by molar-refractivity contribution is 5.95. The summed E-state index contributed by atoms with van der Waals surface area (Å²) in [5, 5.41) is 14.4. The van der Waals surface area contributed by atoms with Crippen LogP contribution in [0, 0.1) is 5.82 Å². The number of hydrogen-bond acceptors (Lipinski definition) is 6. The molecule has 31 heavy (non-hydrogen) atoms. The first kappa shape index (κ1) is 20.9. The van der Waals surface area contributed by atoms with Gasteiger partial charge in [0, 0.05) is 18.7 Å². The van der Waals surface area contributed by atoms with E-state index >= 15 is 0 Å². The summed E-state index contributed by atoms with van der Waals surface area (Å²) < 4.78 is 29.4. The summed E-state index contributed by atoms with van der Waals surface area (Å²) in [4.78, 5) is 14.9. The van der Waals surface area contributed by atoms with Crippen molar-refractivity contribution in [2.45, 2.75) is 26.0 Å². The van der Waals surface area contributed by atoms with E-state index in [4.69, 9.17) is 14.0 Å². The van der Waals surface area contributed by atoms with Crippen molar-refractivity contribution in [2.24, 2.45) is 0 Å². The number of ether oxygens (including phenoxy) is 2. The van der Waals surface area contributed by atoms with Crippen molar-refractivity contribution >= 4 is 5.91 Å². The van der Waals surface area contributed by atoms with Crippen LogP contribution >= 0.6 is 0 Å². The van der Waals surface area contributed by atoms with Crippen LogP contribution in [0.15, 0.2) is 40.9 Å². The number of aromatic nitrogens is 1. The lowest BCUT2D eigenvalue weighted by atomic mass is 9.97. The molecule has 1 N–H and O–H groups in total. The van der Waals surface area contributed by atoms with E-state index in [0.29, 0.717) is 42.3 Å². The van der Waals surface area contributed by atoms with Crippen molar-refractivity contribution in [2.75, 3.05) is 20.8 Å². The van der Waals surface area contributed by atoms with Gasteiger partial charge in [-0.1, -0.05) is 5.16 Å². The molecule has 0 aliphatic carbocycles. The predicted octanol–water partition coefficient (Wildman–Crippen LogP) is 3.75. The summed E-state index contributed by atoms with van der Waals surface area (Å²) in [7, 11) is 3.15. The Morgan fingerprint density at radius 2 is 1.81 bits per heavy atom. The van der Waals surface area contributed by atoms with Gasteiger partial charge in [-0.15, -0.1) is 0 Å². The zero-order chi connectivity index (χ0) is 22.1. The fourth-order valence-electron chi connectivity index (χ4n) is 3.86. The molecule has 3 aromatic rings. The average Bonchev–Trinajstić information content (AvgIpc) is 3.23. The van der Waals surface area contributed by atoms with E-state index in [2.05, 4.69) is 5.16 Å². The van der Waals surface area contributed by atoms with Crippen molar-refractivity contribution < 1.29 is 28.3 Å². The van der Waals surface area contributed by atoms with Crippen molar-refractivity contribution in [3.63, 3.8) is 0 Å². The van der Waals surface area contributed by atoms with Gasteiger partial charge in [0.1, 0.15) is 11.5 Å². The minimum absolute atomic E-state index is 0.0155. The first-order valence-corrected chi connectivity index (χ1v) is 9.89.